The van der Waals surface area contributed by atoms with E-state index in [4.69, 9.17) is 24.2 Å². The summed E-state index contributed by atoms with van der Waals surface area (Å²) in [4.78, 5) is 48.5. The smallest absolute Gasteiger partial charge is 0.412 e. The molecule has 1 aliphatic heterocycles. The van der Waals surface area contributed by atoms with Crippen molar-refractivity contribution in [3.8, 4) is 11.5 Å². The minimum atomic E-state index is -1.51. The summed E-state index contributed by atoms with van der Waals surface area (Å²) in [6.45, 7) is 4.87. The van der Waals surface area contributed by atoms with Gasteiger partial charge in [-0.2, -0.15) is 0 Å². The minimum Gasteiger partial charge on any atom is -0.459 e. The molecule has 394 valence electrons. The second kappa shape index (κ2) is 25.1. The summed E-state index contributed by atoms with van der Waals surface area (Å²) in [7, 11) is 0. The average Bonchev–Trinajstić information content (AvgIpc) is 3.96. The standard InChI is InChI=1S/C61H70N4O10/c1-2-35-72-61-56(64(57(68)32-27-42-15-6-7-16-42)40-47-22-14-21-45-19-8-9-23-50(45)47)38-54(63-73-41-44-25-28-48(29-26-44)65(70)71)52-36-46(20-10-12-33-66)51(24-11-13-34-67)58(59(52)61)53-37-49(30-31-55(53)75-61)74-60(69)62-39-43-17-4-3-5-18-43/h2-5,8-9,14,17-19,21-23,25-26,28-31,36-37,42,46,51,56,58-59,66-67H,1,6-7,10-13,15-16,20,24,27,32-35,38-41H2,(H,62,69)/t46-,51+,56-,58+,59+,61+/m0/s1. The Kier molecular flexibility index (Phi) is 17.7. The molecule has 5 aromatic rings. The quantitative estimate of drug-likeness (QED) is 0.0233. The van der Waals surface area contributed by atoms with E-state index in [1.54, 1.807) is 24.3 Å². The van der Waals surface area contributed by atoms with Crippen molar-refractivity contribution in [2.75, 3.05) is 19.8 Å². The Bertz CT molecular complexity index is 2820. The van der Waals surface area contributed by atoms with Crippen molar-refractivity contribution in [1.82, 2.24) is 10.2 Å². The molecule has 3 aliphatic carbocycles. The second-order valence-corrected chi connectivity index (χ2v) is 20.5. The lowest BCUT2D eigenvalue weighted by atomic mass is 9.55. The van der Waals surface area contributed by atoms with Gasteiger partial charge in [0.1, 0.15) is 24.1 Å². The molecule has 75 heavy (non-hydrogen) atoms. The minimum absolute atomic E-state index is 0.0200. The van der Waals surface area contributed by atoms with Crippen molar-refractivity contribution < 1.29 is 43.8 Å². The number of benzene rings is 5. The predicted molar refractivity (Wildman–Crippen MR) is 288 cm³/mol. The number of hydrogen-bond acceptors (Lipinski definition) is 11. The summed E-state index contributed by atoms with van der Waals surface area (Å²) in [5, 5.41) is 41.7. The number of hydrogen-bond donors (Lipinski definition) is 3. The van der Waals surface area contributed by atoms with E-state index in [0.29, 0.717) is 48.0 Å². The Morgan fingerprint density at radius 2 is 1.63 bits per heavy atom. The van der Waals surface area contributed by atoms with Crippen LogP contribution < -0.4 is 14.8 Å². The van der Waals surface area contributed by atoms with Crippen molar-refractivity contribution in [1.29, 1.82) is 0 Å². The Balaban J connectivity index is 1.21. The molecular weight excluding hydrogens is 949 g/mol. The van der Waals surface area contributed by atoms with Crippen LogP contribution in [0.3, 0.4) is 0 Å². The molecule has 2 fully saturated rings. The van der Waals surface area contributed by atoms with Gasteiger partial charge < -0.3 is 39.5 Å². The van der Waals surface area contributed by atoms with Gasteiger partial charge in [-0.1, -0.05) is 129 Å². The summed E-state index contributed by atoms with van der Waals surface area (Å²) < 4.78 is 20.9. The molecule has 0 unspecified atom stereocenters. The number of nitro benzene ring substituents is 1. The van der Waals surface area contributed by atoms with Gasteiger partial charge in [0.05, 0.1) is 23.2 Å². The van der Waals surface area contributed by atoms with Gasteiger partial charge in [-0.15, -0.1) is 6.58 Å². The molecule has 6 atom stereocenters. The molecule has 9 rings (SSSR count). The zero-order valence-corrected chi connectivity index (χ0v) is 42.7. The van der Waals surface area contributed by atoms with Crippen LogP contribution in [-0.4, -0.2) is 69.4 Å². The van der Waals surface area contributed by atoms with Crippen LogP contribution in [0.15, 0.2) is 145 Å². The van der Waals surface area contributed by atoms with E-state index in [1.807, 2.05) is 65.6 Å². The van der Waals surface area contributed by atoms with E-state index in [1.165, 1.54) is 12.1 Å². The molecule has 5 aromatic carbocycles. The maximum absolute atomic E-state index is 15.6. The molecular formula is C61H70N4O10. The maximum Gasteiger partial charge on any atom is 0.412 e. The number of nitrogens with one attached hydrogen (secondary N) is 1. The molecule has 0 radical (unpaired) electrons. The third kappa shape index (κ3) is 12.3. The summed E-state index contributed by atoms with van der Waals surface area (Å²) in [5.74, 6) is -1.25. The molecule has 0 bridgehead atoms. The van der Waals surface area contributed by atoms with Crippen LogP contribution in [0.5, 0.6) is 11.5 Å². The molecule has 14 heteroatoms. The van der Waals surface area contributed by atoms with Gasteiger partial charge in [0.15, 0.2) is 0 Å². The number of ether oxygens (including phenoxy) is 3. The van der Waals surface area contributed by atoms with Gasteiger partial charge in [0.25, 0.3) is 5.69 Å². The van der Waals surface area contributed by atoms with Gasteiger partial charge in [0, 0.05) is 62.8 Å². The number of aliphatic hydroxyl groups excluding tert-OH is 2. The molecule has 2 saturated carbocycles. The Morgan fingerprint density at radius 3 is 2.39 bits per heavy atom. The number of fused-ring (bicyclic) bond motifs is 3. The molecule has 4 aliphatic rings. The van der Waals surface area contributed by atoms with Crippen LogP contribution >= 0.6 is 0 Å². The van der Waals surface area contributed by atoms with Crippen molar-refractivity contribution in [3.05, 3.63) is 172 Å². The SMILES string of the molecule is C=CCO[C@@]12Oc3ccc(OC(=O)NCc4ccccc4)cc3[C@H]3[C@H](CCCCO)[C@@H](CCCCO)C=C(C(=NOCc4ccc([N+](=O)[O-])cc4)C[C@@H]1N(Cc1cccc4ccccc14)C(=O)CCC1CCCC1)[C@H]32. The summed E-state index contributed by atoms with van der Waals surface area (Å²) in [5.41, 5.74) is 4.87. The average molecular weight is 1020 g/mol. The van der Waals surface area contributed by atoms with Crippen LogP contribution in [0.2, 0.25) is 0 Å². The summed E-state index contributed by atoms with van der Waals surface area (Å²) >= 11 is 0. The summed E-state index contributed by atoms with van der Waals surface area (Å²) in [6, 6.07) is 34.9. The molecule has 1 heterocycles. The number of amides is 2. The first-order valence-electron chi connectivity index (χ1n) is 26.9. The van der Waals surface area contributed by atoms with Gasteiger partial charge in [-0.05, 0) is 113 Å². The lowest BCUT2D eigenvalue weighted by Crippen LogP contribution is -2.70. The predicted octanol–water partition coefficient (Wildman–Crippen LogP) is 11.9. The molecule has 0 saturated heterocycles. The number of oxime groups is 1. The van der Waals surface area contributed by atoms with Crippen molar-refractivity contribution >= 4 is 34.2 Å². The van der Waals surface area contributed by atoms with E-state index in [0.717, 1.165) is 90.8 Å². The third-order valence-corrected chi connectivity index (χ3v) is 15.8. The lowest BCUT2D eigenvalue weighted by Gasteiger charge is -2.60. The van der Waals surface area contributed by atoms with Gasteiger partial charge in [-0.25, -0.2) is 4.79 Å². The lowest BCUT2D eigenvalue weighted by molar-refractivity contribution is -0.384. The molecule has 14 nitrogen and oxygen atoms in total. The highest BCUT2D eigenvalue weighted by Gasteiger charge is 2.65. The van der Waals surface area contributed by atoms with Gasteiger partial charge >= 0.3 is 6.09 Å². The first kappa shape index (κ1) is 53.0. The first-order valence-corrected chi connectivity index (χ1v) is 26.9. The highest BCUT2D eigenvalue weighted by Crippen LogP contribution is 2.62. The van der Waals surface area contributed by atoms with Gasteiger partial charge in [-0.3, -0.25) is 14.9 Å². The number of non-ortho nitro benzene ring substituents is 1. The number of unbranched alkanes of at least 4 members (excludes halogenated alkanes) is 2. The summed E-state index contributed by atoms with van der Waals surface area (Å²) in [6.07, 6.45) is 13.4. The second-order valence-electron chi connectivity index (χ2n) is 20.5. The van der Waals surface area contributed by atoms with Crippen molar-refractivity contribution in [2.24, 2.45) is 28.8 Å². The fraction of sp³-hybridized carbons (Fsp3) is 0.426. The monoisotopic (exact) mass is 1020 g/mol. The number of rotatable bonds is 24. The fourth-order valence-electron chi connectivity index (χ4n) is 12.3. The van der Waals surface area contributed by atoms with E-state index >= 15 is 4.79 Å². The molecule has 2 amide bonds. The molecule has 3 N–H and O–H groups in total. The van der Waals surface area contributed by atoms with Crippen LogP contribution in [0.4, 0.5) is 10.5 Å². The molecule has 0 spiro atoms. The van der Waals surface area contributed by atoms with E-state index in [-0.39, 0.29) is 75.3 Å². The first-order chi connectivity index (χ1) is 36.7. The van der Waals surface area contributed by atoms with Crippen LogP contribution in [0.25, 0.3) is 10.8 Å². The van der Waals surface area contributed by atoms with Crippen LogP contribution in [-0.2, 0) is 34.1 Å². The number of nitrogens with zero attached hydrogens (tertiary/aromatic N) is 3. The number of nitro groups is 1. The zero-order valence-electron chi connectivity index (χ0n) is 42.7. The van der Waals surface area contributed by atoms with Crippen molar-refractivity contribution in [3.63, 3.8) is 0 Å². The Labute approximate surface area is 439 Å². The van der Waals surface area contributed by atoms with E-state index in [2.05, 4.69) is 42.2 Å². The third-order valence-electron chi connectivity index (χ3n) is 15.8. The highest BCUT2D eigenvalue weighted by atomic mass is 16.7. The molecule has 0 aromatic heterocycles. The largest absolute Gasteiger partial charge is 0.459 e. The number of allylic oxidation sites excluding steroid dienone is 1. The van der Waals surface area contributed by atoms with E-state index < -0.39 is 28.8 Å². The van der Waals surface area contributed by atoms with Crippen LogP contribution in [0.1, 0.15) is 112 Å². The van der Waals surface area contributed by atoms with Gasteiger partial charge in [0.2, 0.25) is 11.7 Å². The maximum atomic E-state index is 15.6. The Morgan fingerprint density at radius 1 is 0.880 bits per heavy atom. The number of aliphatic hydroxyl groups is 2. The topological polar surface area (TPSA) is 182 Å². The van der Waals surface area contributed by atoms with Crippen molar-refractivity contribution in [2.45, 2.75) is 121 Å². The Hall–Kier alpha value is -6.87. The normalized spacial score (nSPS) is 22.3. The van der Waals surface area contributed by atoms with E-state index in [9.17, 15) is 25.1 Å². The fourth-order valence-corrected chi connectivity index (χ4v) is 12.3. The van der Waals surface area contributed by atoms with Crippen LogP contribution in [0, 0.1) is 33.8 Å². The number of carbonyl (C=O) groups excluding carboxylic acids is 2. The number of carbonyl (C=O) groups is 2. The zero-order chi connectivity index (χ0) is 52.2. The highest BCUT2D eigenvalue weighted by molar-refractivity contribution is 6.03.